The van der Waals surface area contributed by atoms with Gasteiger partial charge in [-0.25, -0.2) is 0 Å². The van der Waals surface area contributed by atoms with Gasteiger partial charge < -0.3 is 0 Å². The van der Waals surface area contributed by atoms with Crippen LogP contribution in [0.4, 0.5) is 0 Å². The number of benzene rings is 7. The zero-order valence-electron chi connectivity index (χ0n) is 55.4. The maximum absolute atomic E-state index is 2.77. The van der Waals surface area contributed by atoms with E-state index in [0.717, 1.165) is 19.3 Å². The van der Waals surface area contributed by atoms with Gasteiger partial charge in [-0.15, -0.1) is 0 Å². The lowest BCUT2D eigenvalue weighted by Gasteiger charge is -2.41. The second-order valence-corrected chi connectivity index (χ2v) is 33.4. The first-order valence-electron chi connectivity index (χ1n) is 33.6. The van der Waals surface area contributed by atoms with Gasteiger partial charge in [0.05, 0.1) is 0 Å². The Kier molecular flexibility index (Phi) is 11.9. The summed E-state index contributed by atoms with van der Waals surface area (Å²) in [5, 5.41) is 2.99. The van der Waals surface area contributed by atoms with Crippen LogP contribution in [0.3, 0.4) is 0 Å². The van der Waals surface area contributed by atoms with Crippen LogP contribution in [0.5, 0.6) is 0 Å². The molecule has 16 rings (SSSR count). The Morgan fingerprint density at radius 1 is 0.500 bits per heavy atom. The number of hydrogen-bond acceptors (Lipinski definition) is 0. The van der Waals surface area contributed by atoms with Crippen LogP contribution >= 0.6 is 0 Å². The molecule has 88 heavy (non-hydrogen) atoms. The van der Waals surface area contributed by atoms with E-state index in [9.17, 15) is 0 Å². The molecular formula is C88H90. The van der Waals surface area contributed by atoms with Gasteiger partial charge >= 0.3 is 0 Å². The van der Waals surface area contributed by atoms with Crippen molar-refractivity contribution < 1.29 is 0 Å². The molecule has 7 unspecified atom stereocenters. The highest BCUT2D eigenvalue weighted by molar-refractivity contribution is 6.04. The number of allylic oxidation sites excluding steroid dienone is 14. The Balaban J connectivity index is 0.877. The van der Waals surface area contributed by atoms with Crippen LogP contribution in [0.25, 0.3) is 38.6 Å². The van der Waals surface area contributed by atoms with Crippen molar-refractivity contribution in [1.82, 2.24) is 0 Å². The Morgan fingerprint density at radius 2 is 1.18 bits per heavy atom. The third-order valence-electron chi connectivity index (χ3n) is 23.5. The van der Waals surface area contributed by atoms with Crippen molar-refractivity contribution >= 4 is 27.5 Å². The van der Waals surface area contributed by atoms with E-state index in [2.05, 4.69) is 287 Å². The van der Waals surface area contributed by atoms with Crippen molar-refractivity contribution in [2.75, 3.05) is 0 Å². The summed E-state index contributed by atoms with van der Waals surface area (Å²) >= 11 is 0. The molecule has 0 spiro atoms. The number of rotatable bonds is 4. The molecule has 0 fully saturated rings. The minimum absolute atomic E-state index is 0.0230. The van der Waals surface area contributed by atoms with E-state index < -0.39 is 0 Å². The quantitative estimate of drug-likeness (QED) is 0.165. The molecule has 0 nitrogen and oxygen atoms in total. The van der Waals surface area contributed by atoms with E-state index >= 15 is 0 Å². The van der Waals surface area contributed by atoms with E-state index in [4.69, 9.17) is 0 Å². The summed E-state index contributed by atoms with van der Waals surface area (Å²) < 4.78 is 0. The normalized spacial score (nSPS) is 24.7. The molecule has 0 radical (unpaired) electrons. The fraction of sp³-hybridized carbons (Fsp3) is 0.364. The maximum atomic E-state index is 2.77. The summed E-state index contributed by atoms with van der Waals surface area (Å²) in [7, 11) is 0. The average molecular weight is 1150 g/mol. The lowest BCUT2D eigenvalue weighted by Crippen LogP contribution is -2.26. The lowest BCUT2D eigenvalue weighted by atomic mass is 9.62. The van der Waals surface area contributed by atoms with Gasteiger partial charge in [0.1, 0.15) is 0 Å². The summed E-state index contributed by atoms with van der Waals surface area (Å²) in [6.07, 6.45) is 26.1. The molecule has 0 aliphatic heterocycles. The number of fused-ring (bicyclic) bond motifs is 13. The van der Waals surface area contributed by atoms with E-state index in [-0.39, 0.29) is 68.0 Å². The Bertz CT molecular complexity index is 4500. The molecule has 0 bridgehead atoms. The second kappa shape index (κ2) is 18.7. The van der Waals surface area contributed by atoms with Crippen molar-refractivity contribution in [1.29, 1.82) is 0 Å². The van der Waals surface area contributed by atoms with Gasteiger partial charge in [-0.2, -0.15) is 0 Å². The summed E-state index contributed by atoms with van der Waals surface area (Å²) in [5.74, 6) is 1.90. The van der Waals surface area contributed by atoms with Gasteiger partial charge in [0.25, 0.3) is 0 Å². The molecule has 0 amide bonds. The molecule has 7 aromatic rings. The fourth-order valence-corrected chi connectivity index (χ4v) is 18.7. The van der Waals surface area contributed by atoms with Crippen LogP contribution < -0.4 is 0 Å². The highest BCUT2D eigenvalue weighted by atomic mass is 14.6. The largest absolute Gasteiger partial charge is 0.0839 e. The van der Waals surface area contributed by atoms with Crippen LogP contribution in [-0.2, 0) is 27.1 Å². The maximum Gasteiger partial charge on any atom is 0.0159 e. The van der Waals surface area contributed by atoms with Crippen molar-refractivity contribution in [2.45, 2.75) is 187 Å². The van der Waals surface area contributed by atoms with E-state index in [1.807, 2.05) is 0 Å². The van der Waals surface area contributed by atoms with Gasteiger partial charge in [0, 0.05) is 46.3 Å². The third kappa shape index (κ3) is 7.94. The van der Waals surface area contributed by atoms with Crippen LogP contribution in [-0.4, -0.2) is 0 Å². The molecule has 7 aromatic carbocycles. The second-order valence-electron chi connectivity index (χ2n) is 33.4. The van der Waals surface area contributed by atoms with Crippen molar-refractivity contribution in [3.63, 3.8) is 0 Å². The first-order chi connectivity index (χ1) is 41.7. The summed E-state index contributed by atoms with van der Waals surface area (Å²) in [6, 6.07) is 49.6. The molecule has 7 atom stereocenters. The van der Waals surface area contributed by atoms with Crippen LogP contribution in [0.2, 0.25) is 0 Å². The Labute approximate surface area is 526 Å². The van der Waals surface area contributed by atoms with E-state index in [1.165, 1.54) is 117 Å². The smallest absolute Gasteiger partial charge is 0.0159 e. The molecule has 0 saturated heterocycles. The van der Waals surface area contributed by atoms with E-state index in [0.29, 0.717) is 5.92 Å². The van der Waals surface area contributed by atoms with Crippen LogP contribution in [0, 0.1) is 17.3 Å². The Hall–Kier alpha value is -7.28. The first kappa shape index (κ1) is 56.0. The minimum atomic E-state index is -0.137. The van der Waals surface area contributed by atoms with Crippen LogP contribution in [0.15, 0.2) is 198 Å². The van der Waals surface area contributed by atoms with Crippen molar-refractivity contribution in [3.05, 3.63) is 287 Å². The fourth-order valence-electron chi connectivity index (χ4n) is 18.7. The van der Waals surface area contributed by atoms with Gasteiger partial charge in [-0.05, 0) is 203 Å². The SMILES string of the molecule is CC(C)(C)C1=CC2=C(c3ccc(C(C)(C)C)cc3C2(C)C)C(C2=CC3c4cccc5c6c(cc(c45)C3C=C2)C(c2ccccc2)=C2C3CC=C(c4cc(C(C)(C)C)cc5c4-c4ccc(C(C)(C)C)cc4C5(C)C)c4cccc(c43)C2C6C2C=CC=CC2)C1. The highest BCUT2D eigenvalue weighted by Gasteiger charge is 2.52. The topological polar surface area (TPSA) is 0 Å². The molecule has 0 aromatic heterocycles. The number of hydrogen-bond donors (Lipinski definition) is 0. The van der Waals surface area contributed by atoms with E-state index in [1.54, 1.807) is 33.4 Å². The summed E-state index contributed by atoms with van der Waals surface area (Å²) in [4.78, 5) is 0. The summed E-state index contributed by atoms with van der Waals surface area (Å²) in [6.45, 7) is 38.6. The predicted octanol–water partition coefficient (Wildman–Crippen LogP) is 23.2. The molecule has 9 aliphatic carbocycles. The average Bonchev–Trinajstić information content (AvgIpc) is 1.47. The first-order valence-corrected chi connectivity index (χ1v) is 33.6. The molecule has 0 saturated carbocycles. The molecule has 9 aliphatic rings. The standard InChI is InChI=1S/C88H90/c1-83(2,3)52-34-37-60-70(44-52)87(13,14)72-46-54(85(7,8)9)42-65(78(60)72)51-33-36-57-66(41-51)59-30-24-31-62-77(59)68(57)48-69-74(49-25-19-17-20-26-49)81-64-40-39-56(58-29-23-32-63(76(58)64)82(81)75(80(62)69)50-27-21-18-22-28-50)67-43-55(86(10,11)12)47-73-79(67)61-38-35-53(84(4,5)6)45-71(61)88(73,15)16/h17-27,29-39,41,43-48,50,57,64-66,75,82H,28,40,42H2,1-16H3. The molecule has 0 heteroatoms. The Morgan fingerprint density at radius 3 is 1.88 bits per heavy atom. The zero-order valence-corrected chi connectivity index (χ0v) is 55.4. The van der Waals surface area contributed by atoms with Crippen molar-refractivity contribution in [3.8, 4) is 11.1 Å². The molecule has 0 heterocycles. The molecular weight excluding hydrogens is 1060 g/mol. The monoisotopic (exact) mass is 1150 g/mol. The van der Waals surface area contributed by atoms with Gasteiger partial charge in [-0.3, -0.25) is 0 Å². The highest BCUT2D eigenvalue weighted by Crippen LogP contribution is 2.68. The third-order valence-corrected chi connectivity index (χ3v) is 23.5. The molecule has 0 N–H and O–H groups in total. The van der Waals surface area contributed by atoms with Gasteiger partial charge in [-0.1, -0.05) is 280 Å². The summed E-state index contributed by atoms with van der Waals surface area (Å²) in [5.41, 5.74) is 37.1. The lowest BCUT2D eigenvalue weighted by molar-refractivity contribution is 0.456. The predicted molar refractivity (Wildman–Crippen MR) is 374 cm³/mol. The minimum Gasteiger partial charge on any atom is -0.0839 e. The zero-order chi connectivity index (χ0) is 61.3. The van der Waals surface area contributed by atoms with Crippen molar-refractivity contribution in [2.24, 2.45) is 17.3 Å². The molecule has 442 valence electrons. The van der Waals surface area contributed by atoms with Gasteiger partial charge in [0.15, 0.2) is 0 Å². The van der Waals surface area contributed by atoms with Crippen LogP contribution in [0.1, 0.15) is 249 Å². The van der Waals surface area contributed by atoms with Gasteiger partial charge in [0.2, 0.25) is 0 Å².